The lowest BCUT2D eigenvalue weighted by Crippen LogP contribution is -2.34. The zero-order chi connectivity index (χ0) is 13.4. The Labute approximate surface area is 106 Å². The molecule has 0 radical (unpaired) electrons. The van der Waals surface area contributed by atoms with Crippen LogP contribution in [0.1, 0.15) is 10.5 Å². The van der Waals surface area contributed by atoms with E-state index in [1.54, 1.807) is 29.0 Å². The molecule has 18 heavy (non-hydrogen) atoms. The van der Waals surface area contributed by atoms with Gasteiger partial charge in [-0.2, -0.15) is 0 Å². The molecule has 0 bridgehead atoms. The van der Waals surface area contributed by atoms with Crippen LogP contribution >= 0.6 is 0 Å². The van der Waals surface area contributed by atoms with Crippen molar-refractivity contribution in [2.45, 2.75) is 6.54 Å². The smallest absolute Gasteiger partial charge is 0.276 e. The van der Waals surface area contributed by atoms with Gasteiger partial charge in [-0.15, -0.1) is 11.7 Å². The minimum Gasteiger partial charge on any atom is -0.383 e. The number of rotatable bonds is 8. The first-order valence-corrected chi connectivity index (χ1v) is 5.72. The zero-order valence-corrected chi connectivity index (χ0v) is 10.6. The first-order chi connectivity index (χ1) is 8.72. The number of amides is 1. The zero-order valence-electron chi connectivity index (χ0n) is 10.6. The summed E-state index contributed by atoms with van der Waals surface area (Å²) in [6.07, 6.45) is 3.26. The average molecular weight is 253 g/mol. The van der Waals surface area contributed by atoms with Gasteiger partial charge in [0, 0.05) is 26.7 Å². The number of nitrogens with zero attached hydrogens (tertiary/aromatic N) is 4. The Hall–Kier alpha value is -1.73. The van der Waals surface area contributed by atoms with Crippen molar-refractivity contribution in [2.75, 3.05) is 33.4 Å². The second-order valence-corrected chi connectivity index (χ2v) is 3.69. The van der Waals surface area contributed by atoms with Crippen LogP contribution in [0.5, 0.6) is 0 Å². The van der Waals surface area contributed by atoms with E-state index in [0.29, 0.717) is 38.5 Å². The fourth-order valence-electron chi connectivity index (χ4n) is 1.43. The number of methoxy groups -OCH3 is 1. The molecule has 1 heterocycles. The van der Waals surface area contributed by atoms with Crippen LogP contribution in [0.2, 0.25) is 0 Å². The minimum atomic E-state index is -0.185. The molecule has 7 nitrogen and oxygen atoms in total. The molecule has 0 aliphatic heterocycles. The van der Waals surface area contributed by atoms with Crippen LogP contribution in [0.15, 0.2) is 18.9 Å². The van der Waals surface area contributed by atoms with Crippen LogP contribution in [0, 0.1) is 0 Å². The Morgan fingerprint density at radius 1 is 1.72 bits per heavy atom. The molecule has 1 amide bonds. The van der Waals surface area contributed by atoms with Gasteiger partial charge in [0.05, 0.1) is 19.3 Å². The summed E-state index contributed by atoms with van der Waals surface area (Å²) in [5.41, 5.74) is 5.71. The molecule has 0 aromatic carbocycles. The molecular formula is C11H19N5O2. The summed E-state index contributed by atoms with van der Waals surface area (Å²) in [6.45, 7) is 6.03. The molecule has 0 fully saturated rings. The monoisotopic (exact) mass is 253 g/mol. The van der Waals surface area contributed by atoms with Crippen molar-refractivity contribution >= 4 is 5.91 Å². The molecule has 0 saturated carbocycles. The van der Waals surface area contributed by atoms with Crippen molar-refractivity contribution in [1.82, 2.24) is 19.9 Å². The highest BCUT2D eigenvalue weighted by molar-refractivity contribution is 5.92. The molecule has 2 N–H and O–H groups in total. The molecule has 0 aliphatic rings. The van der Waals surface area contributed by atoms with Gasteiger partial charge in [-0.25, -0.2) is 0 Å². The molecule has 0 atom stereocenters. The predicted molar refractivity (Wildman–Crippen MR) is 67.1 cm³/mol. The van der Waals surface area contributed by atoms with Gasteiger partial charge in [0.2, 0.25) is 0 Å². The molecule has 0 saturated heterocycles. The standard InChI is InChI=1S/C11H19N5O2/c1-3-5-15(7-8-18-2)11(17)10-9-16(6-4-12)14-13-10/h3,9H,1,4-8,12H2,2H3. The summed E-state index contributed by atoms with van der Waals surface area (Å²) in [5.74, 6) is -0.185. The van der Waals surface area contributed by atoms with E-state index in [4.69, 9.17) is 10.5 Å². The fourth-order valence-corrected chi connectivity index (χ4v) is 1.43. The van der Waals surface area contributed by atoms with E-state index in [0.717, 1.165) is 0 Å². The number of carbonyl (C=O) groups is 1. The topological polar surface area (TPSA) is 86.3 Å². The maximum atomic E-state index is 12.1. The van der Waals surface area contributed by atoms with E-state index in [1.807, 2.05) is 0 Å². The van der Waals surface area contributed by atoms with Gasteiger partial charge in [-0.1, -0.05) is 11.3 Å². The lowest BCUT2D eigenvalue weighted by Gasteiger charge is -2.19. The first kappa shape index (κ1) is 14.3. The van der Waals surface area contributed by atoms with E-state index in [2.05, 4.69) is 16.9 Å². The Morgan fingerprint density at radius 2 is 2.50 bits per heavy atom. The number of nitrogens with two attached hydrogens (primary N) is 1. The highest BCUT2D eigenvalue weighted by atomic mass is 16.5. The van der Waals surface area contributed by atoms with Crippen LogP contribution in [0.3, 0.4) is 0 Å². The van der Waals surface area contributed by atoms with E-state index >= 15 is 0 Å². The Kier molecular flexibility index (Phi) is 6.03. The minimum absolute atomic E-state index is 0.185. The number of hydrogen-bond acceptors (Lipinski definition) is 5. The molecule has 0 unspecified atom stereocenters. The van der Waals surface area contributed by atoms with E-state index < -0.39 is 0 Å². The van der Waals surface area contributed by atoms with Gasteiger partial charge >= 0.3 is 0 Å². The molecule has 0 spiro atoms. The maximum Gasteiger partial charge on any atom is 0.276 e. The number of ether oxygens (including phenoxy) is 1. The van der Waals surface area contributed by atoms with E-state index in [1.165, 1.54) is 0 Å². The first-order valence-electron chi connectivity index (χ1n) is 5.72. The second kappa shape index (κ2) is 7.57. The van der Waals surface area contributed by atoms with Gasteiger partial charge in [-0.05, 0) is 0 Å². The van der Waals surface area contributed by atoms with Crippen LogP contribution in [-0.2, 0) is 11.3 Å². The van der Waals surface area contributed by atoms with E-state index in [9.17, 15) is 4.79 Å². The Balaban J connectivity index is 2.70. The third-order valence-corrected chi connectivity index (χ3v) is 2.32. The highest BCUT2D eigenvalue weighted by Crippen LogP contribution is 2.01. The third kappa shape index (κ3) is 3.94. The summed E-state index contributed by atoms with van der Waals surface area (Å²) < 4.78 is 6.51. The average Bonchev–Trinajstić information content (AvgIpc) is 2.83. The van der Waals surface area contributed by atoms with Crippen molar-refractivity contribution < 1.29 is 9.53 Å². The summed E-state index contributed by atoms with van der Waals surface area (Å²) in [6, 6.07) is 0. The second-order valence-electron chi connectivity index (χ2n) is 3.69. The van der Waals surface area contributed by atoms with Gasteiger partial charge in [0.25, 0.3) is 5.91 Å². The van der Waals surface area contributed by atoms with Gasteiger partial charge in [0.1, 0.15) is 0 Å². The van der Waals surface area contributed by atoms with Crippen molar-refractivity contribution in [3.05, 3.63) is 24.5 Å². The number of hydrogen-bond donors (Lipinski definition) is 1. The van der Waals surface area contributed by atoms with Gasteiger partial charge in [-0.3, -0.25) is 9.48 Å². The van der Waals surface area contributed by atoms with Crippen LogP contribution in [0.4, 0.5) is 0 Å². The van der Waals surface area contributed by atoms with Crippen molar-refractivity contribution in [3.63, 3.8) is 0 Å². The fraction of sp³-hybridized carbons (Fsp3) is 0.545. The predicted octanol–water partition coefficient (Wildman–Crippen LogP) is -0.489. The van der Waals surface area contributed by atoms with Gasteiger partial charge in [0.15, 0.2) is 5.69 Å². The Bertz CT molecular complexity index is 391. The van der Waals surface area contributed by atoms with Crippen LogP contribution < -0.4 is 5.73 Å². The van der Waals surface area contributed by atoms with Crippen LogP contribution in [-0.4, -0.2) is 59.2 Å². The molecule has 100 valence electrons. The van der Waals surface area contributed by atoms with Gasteiger partial charge < -0.3 is 15.4 Å². The largest absolute Gasteiger partial charge is 0.383 e. The van der Waals surface area contributed by atoms with Crippen molar-refractivity contribution in [3.8, 4) is 0 Å². The molecule has 7 heteroatoms. The summed E-state index contributed by atoms with van der Waals surface area (Å²) >= 11 is 0. The summed E-state index contributed by atoms with van der Waals surface area (Å²) in [5, 5.41) is 7.67. The number of aromatic nitrogens is 3. The van der Waals surface area contributed by atoms with Crippen LogP contribution in [0.25, 0.3) is 0 Å². The molecule has 1 aromatic heterocycles. The molecule has 1 rings (SSSR count). The SMILES string of the molecule is C=CCN(CCOC)C(=O)c1cn(CCN)nn1. The molecular weight excluding hydrogens is 234 g/mol. The lowest BCUT2D eigenvalue weighted by atomic mass is 10.3. The maximum absolute atomic E-state index is 12.1. The lowest BCUT2D eigenvalue weighted by molar-refractivity contribution is 0.0712. The number of carbonyl (C=O) groups excluding carboxylic acids is 1. The molecule has 1 aromatic rings. The van der Waals surface area contributed by atoms with Crippen molar-refractivity contribution in [2.24, 2.45) is 5.73 Å². The quantitative estimate of drug-likeness (QED) is 0.632. The third-order valence-electron chi connectivity index (χ3n) is 2.32. The summed E-state index contributed by atoms with van der Waals surface area (Å²) in [7, 11) is 1.59. The van der Waals surface area contributed by atoms with E-state index in [-0.39, 0.29) is 5.91 Å². The molecule has 0 aliphatic carbocycles. The summed E-state index contributed by atoms with van der Waals surface area (Å²) in [4.78, 5) is 13.7. The Morgan fingerprint density at radius 3 is 3.11 bits per heavy atom. The highest BCUT2D eigenvalue weighted by Gasteiger charge is 2.17. The normalized spacial score (nSPS) is 10.3. The van der Waals surface area contributed by atoms with Crippen molar-refractivity contribution in [1.29, 1.82) is 0 Å².